The lowest BCUT2D eigenvalue weighted by atomic mass is 10.2. The molecule has 0 unspecified atom stereocenters. The van der Waals surface area contributed by atoms with E-state index < -0.39 is 0 Å². The van der Waals surface area contributed by atoms with Gasteiger partial charge in [0.15, 0.2) is 5.69 Å². The average Bonchev–Trinajstić information content (AvgIpc) is 2.44. The molecule has 7 heteroatoms. The van der Waals surface area contributed by atoms with Gasteiger partial charge in [-0.25, -0.2) is 9.97 Å². The Morgan fingerprint density at radius 1 is 1.43 bits per heavy atom. The molecule has 0 saturated heterocycles. The second kappa shape index (κ2) is 7.93. The van der Waals surface area contributed by atoms with Crippen molar-refractivity contribution in [3.05, 3.63) is 22.7 Å². The lowest BCUT2D eigenvalue weighted by Gasteiger charge is -2.17. The standard InChI is InChI=1S/C14H20ClN3O3/c1-5-21-11(19)6-7-18(4)14(20)12-10(15)8-16-13(17-12)9(2)3/h8-9H,5-7H2,1-4H3. The largest absolute Gasteiger partial charge is 0.466 e. The molecule has 6 nitrogen and oxygen atoms in total. The third kappa shape index (κ3) is 4.97. The van der Waals surface area contributed by atoms with E-state index in [1.54, 1.807) is 14.0 Å². The van der Waals surface area contributed by atoms with Crippen LogP contribution in [0.1, 0.15) is 49.4 Å². The number of halogens is 1. The van der Waals surface area contributed by atoms with Crippen molar-refractivity contribution < 1.29 is 14.3 Å². The van der Waals surface area contributed by atoms with Gasteiger partial charge in [0.2, 0.25) is 0 Å². The van der Waals surface area contributed by atoms with Gasteiger partial charge in [-0.15, -0.1) is 0 Å². The summed E-state index contributed by atoms with van der Waals surface area (Å²) >= 11 is 5.99. The molecule has 0 saturated carbocycles. The van der Waals surface area contributed by atoms with Crippen LogP contribution in [-0.2, 0) is 9.53 Å². The molecule has 0 bridgehead atoms. The minimum absolute atomic E-state index is 0.0960. The molecule has 21 heavy (non-hydrogen) atoms. The highest BCUT2D eigenvalue weighted by Gasteiger charge is 2.19. The van der Waals surface area contributed by atoms with Crippen LogP contribution in [0.15, 0.2) is 6.20 Å². The molecular formula is C14H20ClN3O3. The summed E-state index contributed by atoms with van der Waals surface area (Å²) in [6.45, 7) is 6.17. The van der Waals surface area contributed by atoms with E-state index in [2.05, 4.69) is 9.97 Å². The van der Waals surface area contributed by atoms with Crippen molar-refractivity contribution in [3.8, 4) is 0 Å². The second-order valence-electron chi connectivity index (χ2n) is 4.86. The van der Waals surface area contributed by atoms with Crippen LogP contribution in [0.3, 0.4) is 0 Å². The first-order valence-electron chi connectivity index (χ1n) is 6.80. The molecule has 0 aliphatic carbocycles. The van der Waals surface area contributed by atoms with E-state index >= 15 is 0 Å². The van der Waals surface area contributed by atoms with E-state index in [4.69, 9.17) is 16.3 Å². The second-order valence-corrected chi connectivity index (χ2v) is 5.27. The topological polar surface area (TPSA) is 72.4 Å². The zero-order valence-electron chi connectivity index (χ0n) is 12.7. The number of esters is 1. The summed E-state index contributed by atoms with van der Waals surface area (Å²) in [6, 6.07) is 0. The molecule has 1 aromatic rings. The van der Waals surface area contributed by atoms with Gasteiger partial charge in [-0.2, -0.15) is 0 Å². The number of rotatable bonds is 6. The van der Waals surface area contributed by atoms with E-state index in [1.807, 2.05) is 13.8 Å². The van der Waals surface area contributed by atoms with Crippen molar-refractivity contribution >= 4 is 23.5 Å². The monoisotopic (exact) mass is 313 g/mol. The molecule has 1 heterocycles. The molecule has 0 N–H and O–H groups in total. The van der Waals surface area contributed by atoms with Crippen molar-refractivity contribution in [1.82, 2.24) is 14.9 Å². The molecule has 0 radical (unpaired) electrons. The van der Waals surface area contributed by atoms with E-state index in [1.165, 1.54) is 11.1 Å². The lowest BCUT2D eigenvalue weighted by Crippen LogP contribution is -2.30. The zero-order chi connectivity index (χ0) is 16.0. The van der Waals surface area contributed by atoms with Gasteiger partial charge in [0, 0.05) is 19.5 Å². The maximum Gasteiger partial charge on any atom is 0.307 e. The van der Waals surface area contributed by atoms with E-state index in [9.17, 15) is 9.59 Å². The summed E-state index contributed by atoms with van der Waals surface area (Å²) < 4.78 is 4.82. The number of carbonyl (C=O) groups is 2. The summed E-state index contributed by atoms with van der Waals surface area (Å²) in [5, 5.41) is 0.201. The Morgan fingerprint density at radius 3 is 2.67 bits per heavy atom. The number of amides is 1. The Hall–Kier alpha value is -1.69. The van der Waals surface area contributed by atoms with Gasteiger partial charge in [0.25, 0.3) is 5.91 Å². The van der Waals surface area contributed by atoms with Crippen molar-refractivity contribution in [2.75, 3.05) is 20.2 Å². The SMILES string of the molecule is CCOC(=O)CCN(C)C(=O)c1nc(C(C)C)ncc1Cl. The Morgan fingerprint density at radius 2 is 2.10 bits per heavy atom. The maximum absolute atomic E-state index is 12.3. The van der Waals surface area contributed by atoms with Gasteiger partial charge in [0.05, 0.1) is 24.2 Å². The van der Waals surface area contributed by atoms with E-state index in [0.29, 0.717) is 12.4 Å². The van der Waals surface area contributed by atoms with E-state index in [0.717, 1.165) is 0 Å². The first-order chi connectivity index (χ1) is 9.86. The molecule has 0 atom stereocenters. The number of ether oxygens (including phenoxy) is 1. The van der Waals surface area contributed by atoms with Crippen LogP contribution in [0.5, 0.6) is 0 Å². The predicted molar refractivity (Wildman–Crippen MR) is 79.3 cm³/mol. The fourth-order valence-corrected chi connectivity index (χ4v) is 1.76. The highest BCUT2D eigenvalue weighted by atomic mass is 35.5. The average molecular weight is 314 g/mol. The van der Waals surface area contributed by atoms with Gasteiger partial charge >= 0.3 is 5.97 Å². The Balaban J connectivity index is 2.78. The normalized spacial score (nSPS) is 10.6. The summed E-state index contributed by atoms with van der Waals surface area (Å²) in [7, 11) is 1.59. The van der Waals surface area contributed by atoms with Crippen LogP contribution in [0.4, 0.5) is 0 Å². The molecule has 0 aromatic carbocycles. The van der Waals surface area contributed by atoms with Crippen molar-refractivity contribution in [2.45, 2.75) is 33.1 Å². The van der Waals surface area contributed by atoms with Gasteiger partial charge in [-0.3, -0.25) is 9.59 Å². The van der Waals surface area contributed by atoms with E-state index in [-0.39, 0.29) is 41.5 Å². The first kappa shape index (κ1) is 17.4. The highest BCUT2D eigenvalue weighted by Crippen LogP contribution is 2.17. The summed E-state index contributed by atoms with van der Waals surface area (Å²) in [5.74, 6) is -0.0254. The van der Waals surface area contributed by atoms with Crippen LogP contribution in [0, 0.1) is 0 Å². The lowest BCUT2D eigenvalue weighted by molar-refractivity contribution is -0.143. The third-order valence-corrected chi connectivity index (χ3v) is 3.06. The molecule has 1 rings (SSSR count). The van der Waals surface area contributed by atoms with Gasteiger partial charge < -0.3 is 9.64 Å². The number of hydrogen-bond acceptors (Lipinski definition) is 5. The van der Waals surface area contributed by atoms with Crippen LogP contribution in [0.2, 0.25) is 5.02 Å². The van der Waals surface area contributed by atoms with Crippen molar-refractivity contribution in [3.63, 3.8) is 0 Å². The third-order valence-electron chi connectivity index (χ3n) is 2.79. The minimum Gasteiger partial charge on any atom is -0.466 e. The Kier molecular flexibility index (Phi) is 6.55. The van der Waals surface area contributed by atoms with Gasteiger partial charge in [-0.1, -0.05) is 25.4 Å². The quantitative estimate of drug-likeness (QED) is 0.753. The molecule has 0 fully saturated rings. The fourth-order valence-electron chi connectivity index (χ4n) is 1.58. The number of nitrogens with zero attached hydrogens (tertiary/aromatic N) is 3. The van der Waals surface area contributed by atoms with Gasteiger partial charge in [-0.05, 0) is 6.92 Å². The number of hydrogen-bond donors (Lipinski definition) is 0. The summed E-state index contributed by atoms with van der Waals surface area (Å²) in [6.07, 6.45) is 1.56. The molecule has 0 aliphatic heterocycles. The predicted octanol–water partition coefficient (Wildman–Crippen LogP) is 2.28. The number of aromatic nitrogens is 2. The smallest absolute Gasteiger partial charge is 0.307 e. The Labute approximate surface area is 129 Å². The summed E-state index contributed by atoms with van der Waals surface area (Å²) in [5.41, 5.74) is 0.154. The highest BCUT2D eigenvalue weighted by molar-refractivity contribution is 6.33. The molecule has 1 aromatic heterocycles. The van der Waals surface area contributed by atoms with Crippen LogP contribution < -0.4 is 0 Å². The Bertz CT molecular complexity index is 520. The molecule has 0 spiro atoms. The first-order valence-corrected chi connectivity index (χ1v) is 7.18. The molecular weight excluding hydrogens is 294 g/mol. The van der Waals surface area contributed by atoms with Gasteiger partial charge in [0.1, 0.15) is 5.82 Å². The molecule has 116 valence electrons. The van der Waals surface area contributed by atoms with Crippen LogP contribution >= 0.6 is 11.6 Å². The minimum atomic E-state index is -0.339. The van der Waals surface area contributed by atoms with Crippen molar-refractivity contribution in [2.24, 2.45) is 0 Å². The maximum atomic E-state index is 12.3. The molecule has 0 aliphatic rings. The summed E-state index contributed by atoms with van der Waals surface area (Å²) in [4.78, 5) is 33.3. The van der Waals surface area contributed by atoms with Crippen LogP contribution in [0.25, 0.3) is 0 Å². The zero-order valence-corrected chi connectivity index (χ0v) is 13.5. The number of carbonyl (C=O) groups excluding carboxylic acids is 2. The van der Waals surface area contributed by atoms with Crippen molar-refractivity contribution in [1.29, 1.82) is 0 Å². The fraction of sp³-hybridized carbons (Fsp3) is 0.571. The van der Waals surface area contributed by atoms with Crippen LogP contribution in [-0.4, -0.2) is 46.9 Å². The molecule has 1 amide bonds.